The van der Waals surface area contributed by atoms with Crippen LogP contribution in [0, 0.1) is 6.92 Å². The molecular formula is C12H15N3OS. The zero-order valence-corrected chi connectivity index (χ0v) is 11.0. The second-order valence-corrected chi connectivity index (χ2v) is 5.04. The van der Waals surface area contributed by atoms with E-state index in [-0.39, 0.29) is 5.91 Å². The molecule has 17 heavy (non-hydrogen) atoms. The number of anilines is 1. The van der Waals surface area contributed by atoms with Crippen molar-refractivity contribution in [2.24, 2.45) is 7.05 Å². The highest BCUT2D eigenvalue weighted by molar-refractivity contribution is 7.14. The molecule has 0 fully saturated rings. The van der Waals surface area contributed by atoms with E-state index in [0.717, 1.165) is 11.3 Å². The summed E-state index contributed by atoms with van der Waals surface area (Å²) in [5.41, 5.74) is 1.18. The van der Waals surface area contributed by atoms with E-state index >= 15 is 0 Å². The lowest BCUT2D eigenvalue weighted by atomic mass is 10.2. The van der Waals surface area contributed by atoms with E-state index < -0.39 is 0 Å². The molecule has 2 heterocycles. The van der Waals surface area contributed by atoms with Gasteiger partial charge in [0.2, 0.25) is 0 Å². The van der Waals surface area contributed by atoms with Gasteiger partial charge in [0.05, 0.1) is 4.88 Å². The van der Waals surface area contributed by atoms with Crippen LogP contribution < -0.4 is 5.32 Å². The van der Waals surface area contributed by atoms with E-state index in [0.29, 0.717) is 5.82 Å². The monoisotopic (exact) mass is 249 g/mol. The van der Waals surface area contributed by atoms with E-state index in [4.69, 9.17) is 0 Å². The number of nitrogens with zero attached hydrogens (tertiary/aromatic N) is 2. The quantitative estimate of drug-likeness (QED) is 0.909. The fraction of sp³-hybridized carbons (Fsp3) is 0.333. The fourth-order valence-electron chi connectivity index (χ4n) is 1.64. The molecule has 0 aliphatic heterocycles. The Kier molecular flexibility index (Phi) is 3.28. The lowest BCUT2D eigenvalue weighted by Crippen LogP contribution is -2.10. The summed E-state index contributed by atoms with van der Waals surface area (Å²) in [5, 5.41) is 6.90. The lowest BCUT2D eigenvalue weighted by molar-refractivity contribution is 0.103. The van der Waals surface area contributed by atoms with Gasteiger partial charge in [0.1, 0.15) is 0 Å². The second-order valence-electron chi connectivity index (χ2n) is 3.90. The van der Waals surface area contributed by atoms with Crippen molar-refractivity contribution in [3.05, 3.63) is 33.6 Å². The molecule has 0 aromatic carbocycles. The normalized spacial score (nSPS) is 10.5. The summed E-state index contributed by atoms with van der Waals surface area (Å²) >= 11 is 1.55. The maximum absolute atomic E-state index is 12.0. The van der Waals surface area contributed by atoms with Gasteiger partial charge in [-0.3, -0.25) is 9.48 Å². The molecule has 0 aliphatic carbocycles. The Morgan fingerprint density at radius 2 is 2.35 bits per heavy atom. The van der Waals surface area contributed by atoms with E-state index in [9.17, 15) is 4.79 Å². The zero-order valence-electron chi connectivity index (χ0n) is 10.2. The van der Waals surface area contributed by atoms with E-state index in [2.05, 4.69) is 17.3 Å². The first-order chi connectivity index (χ1) is 8.10. The summed E-state index contributed by atoms with van der Waals surface area (Å²) in [7, 11) is 1.82. The van der Waals surface area contributed by atoms with Crippen LogP contribution in [0.4, 0.5) is 5.82 Å². The molecule has 0 atom stereocenters. The minimum atomic E-state index is -0.0866. The fourth-order valence-corrected chi connectivity index (χ4v) is 2.65. The van der Waals surface area contributed by atoms with Crippen LogP contribution in [0.5, 0.6) is 0 Å². The molecule has 5 heteroatoms. The predicted octanol–water partition coefficient (Wildman–Crippen LogP) is 2.60. The standard InChI is InChI=1S/C12H15N3OS/c1-4-9-8(2)7-10(17-9)12(16)13-11-5-6-15(3)14-11/h5-7H,4H2,1-3H3,(H,13,14,16). The first-order valence-corrected chi connectivity index (χ1v) is 6.32. The van der Waals surface area contributed by atoms with Crippen molar-refractivity contribution in [2.75, 3.05) is 5.32 Å². The Hall–Kier alpha value is -1.62. The van der Waals surface area contributed by atoms with Gasteiger partial charge in [-0.05, 0) is 25.0 Å². The maximum Gasteiger partial charge on any atom is 0.266 e. The van der Waals surface area contributed by atoms with Crippen LogP contribution in [0.2, 0.25) is 0 Å². The number of thiophene rings is 1. The molecule has 0 unspecified atom stereocenters. The van der Waals surface area contributed by atoms with Gasteiger partial charge in [-0.15, -0.1) is 11.3 Å². The van der Waals surface area contributed by atoms with Crippen molar-refractivity contribution in [1.82, 2.24) is 9.78 Å². The molecule has 0 bridgehead atoms. The average Bonchev–Trinajstić information content (AvgIpc) is 2.85. The van der Waals surface area contributed by atoms with Crippen molar-refractivity contribution in [2.45, 2.75) is 20.3 Å². The number of carbonyl (C=O) groups is 1. The average molecular weight is 249 g/mol. The lowest BCUT2D eigenvalue weighted by Gasteiger charge is -1.98. The second kappa shape index (κ2) is 4.71. The third-order valence-electron chi connectivity index (χ3n) is 2.52. The van der Waals surface area contributed by atoms with Gasteiger partial charge in [-0.2, -0.15) is 5.10 Å². The van der Waals surface area contributed by atoms with E-state index in [1.54, 1.807) is 28.3 Å². The van der Waals surface area contributed by atoms with Gasteiger partial charge in [0, 0.05) is 24.2 Å². The summed E-state index contributed by atoms with van der Waals surface area (Å²) in [4.78, 5) is 14.0. The molecule has 0 spiro atoms. The number of aryl methyl sites for hydroxylation is 3. The predicted molar refractivity (Wildman–Crippen MR) is 69.6 cm³/mol. The Bertz CT molecular complexity index is 542. The van der Waals surface area contributed by atoms with Crippen LogP contribution in [0.25, 0.3) is 0 Å². The van der Waals surface area contributed by atoms with E-state index in [1.165, 1.54) is 10.4 Å². The molecule has 0 saturated heterocycles. The molecule has 0 aliphatic rings. The summed E-state index contributed by atoms with van der Waals surface area (Å²) in [6.45, 7) is 4.13. The summed E-state index contributed by atoms with van der Waals surface area (Å²) in [5.74, 6) is 0.498. The Labute approximate surface area is 104 Å². The number of amides is 1. The molecule has 2 rings (SSSR count). The highest BCUT2D eigenvalue weighted by atomic mass is 32.1. The van der Waals surface area contributed by atoms with Gasteiger partial charge in [-0.25, -0.2) is 0 Å². The van der Waals surface area contributed by atoms with Crippen molar-refractivity contribution in [1.29, 1.82) is 0 Å². The first kappa shape index (κ1) is 11.9. The summed E-state index contributed by atoms with van der Waals surface area (Å²) in [6.07, 6.45) is 2.76. The van der Waals surface area contributed by atoms with Crippen LogP contribution in [0.3, 0.4) is 0 Å². The Morgan fingerprint density at radius 3 is 2.88 bits per heavy atom. The number of carbonyl (C=O) groups excluding carboxylic acids is 1. The topological polar surface area (TPSA) is 46.9 Å². The van der Waals surface area contributed by atoms with Crippen LogP contribution in [0.1, 0.15) is 27.0 Å². The number of rotatable bonds is 3. The van der Waals surface area contributed by atoms with Gasteiger partial charge in [0.25, 0.3) is 5.91 Å². The van der Waals surface area contributed by atoms with Crippen molar-refractivity contribution < 1.29 is 4.79 Å². The number of hydrogen-bond acceptors (Lipinski definition) is 3. The molecule has 2 aromatic rings. The molecular weight excluding hydrogens is 234 g/mol. The van der Waals surface area contributed by atoms with Crippen LogP contribution in [-0.4, -0.2) is 15.7 Å². The van der Waals surface area contributed by atoms with Gasteiger partial charge in [0.15, 0.2) is 5.82 Å². The first-order valence-electron chi connectivity index (χ1n) is 5.50. The van der Waals surface area contributed by atoms with Crippen molar-refractivity contribution in [3.8, 4) is 0 Å². The minimum absolute atomic E-state index is 0.0866. The molecule has 1 amide bonds. The third-order valence-corrected chi connectivity index (χ3v) is 3.90. The molecule has 90 valence electrons. The summed E-state index contributed by atoms with van der Waals surface area (Å²) < 4.78 is 1.66. The van der Waals surface area contributed by atoms with Gasteiger partial charge in [-0.1, -0.05) is 6.92 Å². The van der Waals surface area contributed by atoms with Crippen LogP contribution in [-0.2, 0) is 13.5 Å². The van der Waals surface area contributed by atoms with Gasteiger partial charge < -0.3 is 5.32 Å². The highest BCUT2D eigenvalue weighted by Crippen LogP contribution is 2.23. The van der Waals surface area contributed by atoms with Crippen LogP contribution in [0.15, 0.2) is 18.3 Å². The molecule has 2 aromatic heterocycles. The molecule has 4 nitrogen and oxygen atoms in total. The SMILES string of the molecule is CCc1sc(C(=O)Nc2ccn(C)n2)cc1C. The van der Waals surface area contributed by atoms with Crippen LogP contribution >= 0.6 is 11.3 Å². The zero-order chi connectivity index (χ0) is 12.4. The number of aromatic nitrogens is 2. The van der Waals surface area contributed by atoms with E-state index in [1.807, 2.05) is 20.0 Å². The minimum Gasteiger partial charge on any atom is -0.304 e. The third kappa shape index (κ3) is 2.55. The van der Waals surface area contributed by atoms with Crippen molar-refractivity contribution >= 4 is 23.1 Å². The molecule has 1 N–H and O–H groups in total. The number of nitrogens with one attached hydrogen (secondary N) is 1. The number of hydrogen-bond donors (Lipinski definition) is 1. The maximum atomic E-state index is 12.0. The highest BCUT2D eigenvalue weighted by Gasteiger charge is 2.12. The molecule has 0 saturated carbocycles. The molecule has 0 radical (unpaired) electrons. The smallest absolute Gasteiger partial charge is 0.266 e. The van der Waals surface area contributed by atoms with Crippen molar-refractivity contribution in [3.63, 3.8) is 0 Å². The summed E-state index contributed by atoms with van der Waals surface area (Å²) in [6, 6.07) is 3.71. The largest absolute Gasteiger partial charge is 0.304 e. The Morgan fingerprint density at radius 1 is 1.59 bits per heavy atom. The Balaban J connectivity index is 2.14. The van der Waals surface area contributed by atoms with Gasteiger partial charge >= 0.3 is 0 Å².